The number of carbonyl (C=O) groups excluding carboxylic acids is 3. The molecule has 134 valence electrons. The first-order valence-electron chi connectivity index (χ1n) is 7.97. The predicted molar refractivity (Wildman–Crippen MR) is 101 cm³/mol. The highest BCUT2D eigenvalue weighted by Crippen LogP contribution is 2.28. The maximum Gasteiger partial charge on any atom is 0.250 e. The second kappa shape index (κ2) is 7.09. The number of carbonyl (C=O) groups is 3. The Morgan fingerprint density at radius 1 is 0.778 bits per heavy atom. The number of nitrogen functional groups attached to an aromatic ring is 2. The zero-order valence-corrected chi connectivity index (χ0v) is 14.2. The smallest absolute Gasteiger partial charge is 0.250 e. The van der Waals surface area contributed by atoms with Crippen LogP contribution in [0.15, 0.2) is 60.8 Å². The van der Waals surface area contributed by atoms with E-state index in [9.17, 15) is 14.4 Å². The van der Waals surface area contributed by atoms with E-state index in [1.165, 1.54) is 18.3 Å². The summed E-state index contributed by atoms with van der Waals surface area (Å²) < 4.78 is 0. The lowest BCUT2D eigenvalue weighted by molar-refractivity contribution is 0.0979. The first-order valence-corrected chi connectivity index (χ1v) is 7.97. The number of hydrogen-bond acceptors (Lipinski definition) is 6. The van der Waals surface area contributed by atoms with E-state index in [0.29, 0.717) is 39.3 Å². The molecule has 1 aliphatic rings. The molecule has 1 amide bonds. The Morgan fingerprint density at radius 2 is 1.37 bits per heavy atom. The van der Waals surface area contributed by atoms with Gasteiger partial charge in [-0.25, -0.2) is 4.98 Å². The quantitative estimate of drug-likeness (QED) is 0.442. The molecule has 1 aliphatic carbocycles. The van der Waals surface area contributed by atoms with Gasteiger partial charge in [0.2, 0.25) is 5.91 Å². The fraction of sp³-hybridized carbons (Fsp3) is 0. The summed E-state index contributed by atoms with van der Waals surface area (Å²) in [6.07, 6.45) is 1.34. The third kappa shape index (κ3) is 3.52. The lowest BCUT2D eigenvalue weighted by Gasteiger charge is -2.17. The Hall–Kier alpha value is -4.00. The van der Waals surface area contributed by atoms with Gasteiger partial charge in [-0.15, -0.1) is 0 Å². The average molecular weight is 360 g/mol. The molecule has 1 aromatic heterocycles. The van der Waals surface area contributed by atoms with Crippen molar-refractivity contribution < 1.29 is 14.4 Å². The molecule has 0 radical (unpaired) electrons. The van der Waals surface area contributed by atoms with Crippen molar-refractivity contribution in [3.05, 3.63) is 88.6 Å². The van der Waals surface area contributed by atoms with E-state index in [2.05, 4.69) is 4.98 Å². The summed E-state index contributed by atoms with van der Waals surface area (Å²) in [7, 11) is 0. The molecule has 0 saturated heterocycles. The van der Waals surface area contributed by atoms with Gasteiger partial charge < -0.3 is 17.2 Å². The van der Waals surface area contributed by atoms with Gasteiger partial charge in [-0.3, -0.25) is 14.4 Å². The molecule has 2 aromatic carbocycles. The molecule has 4 rings (SSSR count). The SMILES string of the molecule is NC(=O)c1ccc(N)nc1.Nc1ccc2c(c1)C(=O)c1ccccc1C2=O. The minimum atomic E-state index is -0.493. The van der Waals surface area contributed by atoms with Crippen LogP contribution in [0.2, 0.25) is 0 Å². The summed E-state index contributed by atoms with van der Waals surface area (Å²) in [5.74, 6) is -0.366. The second-order valence-corrected chi connectivity index (χ2v) is 5.84. The minimum Gasteiger partial charge on any atom is -0.399 e. The molecule has 7 heteroatoms. The standard InChI is InChI=1S/C14H9NO2.C6H7N3O/c15-8-5-6-11-12(7-8)14(17)10-4-2-1-3-9(10)13(11)16;7-5-2-1-4(3-9-5)6(8)10/h1-7H,15H2;1-3H,(H2,7,9)(H2,8,10). The van der Waals surface area contributed by atoms with Gasteiger partial charge >= 0.3 is 0 Å². The van der Waals surface area contributed by atoms with Gasteiger partial charge in [-0.05, 0) is 30.3 Å². The van der Waals surface area contributed by atoms with Crippen molar-refractivity contribution in [1.82, 2.24) is 4.98 Å². The number of aromatic nitrogens is 1. The first kappa shape index (κ1) is 17.8. The first-order chi connectivity index (χ1) is 12.9. The molecule has 0 bridgehead atoms. The van der Waals surface area contributed by atoms with E-state index in [1.54, 1.807) is 42.5 Å². The number of hydrogen-bond donors (Lipinski definition) is 3. The summed E-state index contributed by atoms with van der Waals surface area (Å²) in [4.78, 5) is 38.5. The minimum absolute atomic E-state index is 0.116. The predicted octanol–water partition coefficient (Wildman–Crippen LogP) is 1.81. The molecule has 7 nitrogen and oxygen atoms in total. The van der Waals surface area contributed by atoms with Crippen molar-refractivity contribution in [3.63, 3.8) is 0 Å². The molecule has 1 heterocycles. The van der Waals surface area contributed by atoms with Crippen molar-refractivity contribution in [2.75, 3.05) is 11.5 Å². The van der Waals surface area contributed by atoms with Gasteiger partial charge in [0.25, 0.3) is 0 Å². The van der Waals surface area contributed by atoms with E-state index in [1.807, 2.05) is 0 Å². The zero-order chi connectivity index (χ0) is 19.6. The zero-order valence-electron chi connectivity index (χ0n) is 14.2. The summed E-state index contributed by atoms with van der Waals surface area (Å²) in [5.41, 5.74) is 18.5. The number of nitrogens with two attached hydrogens (primary N) is 3. The fourth-order valence-electron chi connectivity index (χ4n) is 2.67. The molecule has 27 heavy (non-hydrogen) atoms. The van der Waals surface area contributed by atoms with Crippen LogP contribution in [-0.4, -0.2) is 22.5 Å². The van der Waals surface area contributed by atoms with Crippen molar-refractivity contribution in [2.45, 2.75) is 0 Å². The third-order valence-electron chi connectivity index (χ3n) is 4.02. The number of ketones is 2. The van der Waals surface area contributed by atoms with E-state index in [-0.39, 0.29) is 11.6 Å². The Labute approximate surface area is 154 Å². The monoisotopic (exact) mass is 360 g/mol. The summed E-state index contributed by atoms with van der Waals surface area (Å²) in [6, 6.07) is 14.7. The van der Waals surface area contributed by atoms with Crippen LogP contribution >= 0.6 is 0 Å². The molecular formula is C20H16N4O3. The number of anilines is 2. The highest BCUT2D eigenvalue weighted by atomic mass is 16.1. The lowest BCUT2D eigenvalue weighted by atomic mass is 9.84. The van der Waals surface area contributed by atoms with Crippen LogP contribution < -0.4 is 17.2 Å². The number of fused-ring (bicyclic) bond motifs is 2. The van der Waals surface area contributed by atoms with Crippen LogP contribution in [0.25, 0.3) is 0 Å². The van der Waals surface area contributed by atoms with Gasteiger partial charge in [-0.1, -0.05) is 24.3 Å². The number of benzene rings is 2. The normalized spacial score (nSPS) is 11.7. The summed E-state index contributed by atoms with van der Waals surface area (Å²) in [6.45, 7) is 0. The van der Waals surface area contributed by atoms with E-state index < -0.39 is 5.91 Å². The Kier molecular flexibility index (Phi) is 4.68. The molecule has 0 spiro atoms. The van der Waals surface area contributed by atoms with Crippen LogP contribution in [-0.2, 0) is 0 Å². The number of amides is 1. The molecule has 0 aliphatic heterocycles. The van der Waals surface area contributed by atoms with Crippen molar-refractivity contribution in [1.29, 1.82) is 0 Å². The Bertz CT molecular complexity index is 1060. The van der Waals surface area contributed by atoms with Gasteiger partial charge in [0.15, 0.2) is 11.6 Å². The van der Waals surface area contributed by atoms with Crippen LogP contribution in [0.3, 0.4) is 0 Å². The molecule has 3 aromatic rings. The molecule has 0 saturated carbocycles. The summed E-state index contributed by atoms with van der Waals surface area (Å²) in [5, 5.41) is 0. The maximum absolute atomic E-state index is 12.2. The van der Waals surface area contributed by atoms with Gasteiger partial charge in [0.1, 0.15) is 5.82 Å². The van der Waals surface area contributed by atoms with Crippen LogP contribution in [0, 0.1) is 0 Å². The second-order valence-electron chi connectivity index (χ2n) is 5.84. The highest BCUT2D eigenvalue weighted by molar-refractivity contribution is 6.28. The summed E-state index contributed by atoms with van der Waals surface area (Å²) >= 11 is 0. The van der Waals surface area contributed by atoms with Gasteiger partial charge in [-0.2, -0.15) is 0 Å². The van der Waals surface area contributed by atoms with Gasteiger partial charge in [0.05, 0.1) is 5.56 Å². The molecule has 0 fully saturated rings. The number of nitrogens with zero attached hydrogens (tertiary/aromatic N) is 1. The topological polar surface area (TPSA) is 142 Å². The largest absolute Gasteiger partial charge is 0.399 e. The van der Waals surface area contributed by atoms with Crippen molar-refractivity contribution in [3.8, 4) is 0 Å². The van der Waals surface area contributed by atoms with Crippen LogP contribution in [0.4, 0.5) is 11.5 Å². The average Bonchev–Trinajstić information content (AvgIpc) is 2.67. The number of pyridine rings is 1. The highest BCUT2D eigenvalue weighted by Gasteiger charge is 2.28. The van der Waals surface area contributed by atoms with E-state index >= 15 is 0 Å². The van der Waals surface area contributed by atoms with Gasteiger partial charge in [0, 0.05) is 34.1 Å². The lowest BCUT2D eigenvalue weighted by Crippen LogP contribution is -2.20. The van der Waals surface area contributed by atoms with E-state index in [4.69, 9.17) is 17.2 Å². The molecule has 0 atom stereocenters. The number of rotatable bonds is 1. The molecular weight excluding hydrogens is 344 g/mol. The number of primary amides is 1. The maximum atomic E-state index is 12.2. The van der Waals surface area contributed by atoms with Crippen molar-refractivity contribution >= 4 is 29.0 Å². The van der Waals surface area contributed by atoms with E-state index in [0.717, 1.165) is 0 Å². The van der Waals surface area contributed by atoms with Crippen LogP contribution in [0.1, 0.15) is 42.2 Å². The van der Waals surface area contributed by atoms with Crippen LogP contribution in [0.5, 0.6) is 0 Å². The third-order valence-corrected chi connectivity index (χ3v) is 4.02. The Morgan fingerprint density at radius 3 is 1.93 bits per heavy atom. The Balaban J connectivity index is 0.000000180. The fourth-order valence-corrected chi connectivity index (χ4v) is 2.67. The van der Waals surface area contributed by atoms with Crippen molar-refractivity contribution in [2.24, 2.45) is 5.73 Å². The molecule has 0 unspecified atom stereocenters. The molecule has 6 N–H and O–H groups in total.